The summed E-state index contributed by atoms with van der Waals surface area (Å²) in [7, 11) is 12.2. The fourth-order valence-corrected chi connectivity index (χ4v) is 0.866. The van der Waals surface area contributed by atoms with Gasteiger partial charge in [-0.2, -0.15) is 0 Å². The molecule has 0 N–H and O–H groups in total. The van der Waals surface area contributed by atoms with E-state index in [1.807, 2.05) is 21.1 Å². The minimum Gasteiger partial charge on any atom is -0.456 e. The Kier molecular flexibility index (Phi) is 4.55. The Labute approximate surface area is 87.2 Å². The average Bonchev–Trinajstić information content (AvgIpc) is 1.78. The zero-order valence-electron chi connectivity index (χ0n) is 10.3. The van der Waals surface area contributed by atoms with Gasteiger partial charge in [0.2, 0.25) is 0 Å². The third-order valence-corrected chi connectivity index (χ3v) is 1.63. The molecule has 0 aliphatic carbocycles. The minimum atomic E-state index is -0.119. The van der Waals surface area contributed by atoms with Crippen LogP contribution in [-0.2, 0) is 9.53 Å². The number of carbonyl (C=O) groups excluding carboxylic acids is 1. The number of hydrogen-bond donors (Lipinski definition) is 0. The van der Waals surface area contributed by atoms with Crippen LogP contribution in [-0.4, -0.2) is 76.9 Å². The summed E-state index contributed by atoms with van der Waals surface area (Å²) in [5, 5.41) is 0. The molecule has 0 amide bonds. The first-order valence-corrected chi connectivity index (χ1v) is 4.87. The van der Waals surface area contributed by atoms with E-state index in [0.29, 0.717) is 17.6 Å². The molecule has 84 valence electrons. The second kappa shape index (κ2) is 4.75. The summed E-state index contributed by atoms with van der Waals surface area (Å²) in [5.41, 5.74) is 0. The maximum Gasteiger partial charge on any atom is 0.361 e. The third kappa shape index (κ3) is 9.48. The van der Waals surface area contributed by atoms with Gasteiger partial charge in [-0.25, -0.2) is 4.79 Å². The molecular weight excluding hydrogens is 180 g/mol. The van der Waals surface area contributed by atoms with Crippen molar-refractivity contribution in [2.75, 3.05) is 62.0 Å². The average molecular weight is 204 g/mol. The topological polar surface area (TPSA) is 26.3 Å². The van der Waals surface area contributed by atoms with Crippen LogP contribution in [0.3, 0.4) is 0 Å². The standard InChI is InChI=1S/C10H24N2O2/c1-11(2,3)7-8-14-10(13)9-12(4,5)6/h7-9H2,1-6H3/q+2. The van der Waals surface area contributed by atoms with Crippen LogP contribution in [0.15, 0.2) is 0 Å². The first-order chi connectivity index (χ1) is 6.10. The van der Waals surface area contributed by atoms with Gasteiger partial charge in [-0.3, -0.25) is 0 Å². The lowest BCUT2D eigenvalue weighted by molar-refractivity contribution is -0.871. The highest BCUT2D eigenvalue weighted by Gasteiger charge is 2.16. The van der Waals surface area contributed by atoms with Gasteiger partial charge in [-0.05, 0) is 0 Å². The van der Waals surface area contributed by atoms with Crippen LogP contribution in [0.4, 0.5) is 0 Å². The van der Waals surface area contributed by atoms with Gasteiger partial charge >= 0.3 is 5.97 Å². The molecule has 4 heteroatoms. The molecule has 0 aromatic heterocycles. The molecule has 0 saturated heterocycles. The SMILES string of the molecule is C[N+](C)(C)CCOC(=O)C[N+](C)(C)C. The third-order valence-electron chi connectivity index (χ3n) is 1.63. The Morgan fingerprint density at radius 1 is 1.00 bits per heavy atom. The van der Waals surface area contributed by atoms with Crippen LogP contribution in [0.25, 0.3) is 0 Å². The van der Waals surface area contributed by atoms with Crippen molar-refractivity contribution in [3.05, 3.63) is 0 Å². The van der Waals surface area contributed by atoms with Crippen LogP contribution in [0.1, 0.15) is 0 Å². The molecule has 0 aliphatic heterocycles. The molecule has 0 aromatic carbocycles. The van der Waals surface area contributed by atoms with E-state index < -0.39 is 0 Å². The van der Waals surface area contributed by atoms with Crippen LogP contribution >= 0.6 is 0 Å². The number of ether oxygens (including phenoxy) is 1. The molecule has 0 atom stereocenters. The van der Waals surface area contributed by atoms with Crippen LogP contribution in [0.2, 0.25) is 0 Å². The first kappa shape index (κ1) is 13.4. The van der Waals surface area contributed by atoms with Gasteiger partial charge in [0.1, 0.15) is 13.2 Å². The van der Waals surface area contributed by atoms with Gasteiger partial charge in [-0.1, -0.05) is 0 Å². The largest absolute Gasteiger partial charge is 0.456 e. The zero-order chi connectivity index (χ0) is 11.4. The molecule has 14 heavy (non-hydrogen) atoms. The number of likely N-dealkylation sites (N-methyl/N-ethyl adjacent to an activating group) is 2. The van der Waals surface area contributed by atoms with Crippen molar-refractivity contribution in [3.63, 3.8) is 0 Å². The quantitative estimate of drug-likeness (QED) is 0.463. The van der Waals surface area contributed by atoms with Crippen LogP contribution in [0.5, 0.6) is 0 Å². The number of rotatable bonds is 5. The van der Waals surface area contributed by atoms with Crippen molar-refractivity contribution in [1.82, 2.24) is 0 Å². The van der Waals surface area contributed by atoms with Crippen LogP contribution in [0, 0.1) is 0 Å². The lowest BCUT2D eigenvalue weighted by atomic mass is 10.5. The highest BCUT2D eigenvalue weighted by molar-refractivity contribution is 5.70. The molecule has 0 saturated carbocycles. The lowest BCUT2D eigenvalue weighted by Crippen LogP contribution is -2.42. The van der Waals surface area contributed by atoms with E-state index in [4.69, 9.17) is 4.74 Å². The summed E-state index contributed by atoms with van der Waals surface area (Å²) in [6.07, 6.45) is 0. The Balaban J connectivity index is 3.66. The van der Waals surface area contributed by atoms with E-state index >= 15 is 0 Å². The van der Waals surface area contributed by atoms with Gasteiger partial charge in [0, 0.05) is 0 Å². The van der Waals surface area contributed by atoms with E-state index in [0.717, 1.165) is 11.0 Å². The molecule has 0 spiro atoms. The van der Waals surface area contributed by atoms with Gasteiger partial charge < -0.3 is 13.7 Å². The molecule has 0 heterocycles. The zero-order valence-corrected chi connectivity index (χ0v) is 10.3. The summed E-state index contributed by atoms with van der Waals surface area (Å²) in [6.45, 7) is 1.78. The van der Waals surface area contributed by atoms with Crippen molar-refractivity contribution < 1.29 is 18.5 Å². The fourth-order valence-electron chi connectivity index (χ4n) is 0.866. The van der Waals surface area contributed by atoms with Crippen molar-refractivity contribution in [3.8, 4) is 0 Å². The molecular formula is C10H24N2O2+2. The predicted octanol–water partition coefficient (Wildman–Crippen LogP) is -0.0580. The highest BCUT2D eigenvalue weighted by Crippen LogP contribution is 1.94. The van der Waals surface area contributed by atoms with E-state index in [9.17, 15) is 4.79 Å². The van der Waals surface area contributed by atoms with Crippen molar-refractivity contribution in [1.29, 1.82) is 0 Å². The van der Waals surface area contributed by atoms with Crippen molar-refractivity contribution in [2.45, 2.75) is 0 Å². The normalized spacial score (nSPS) is 12.7. The number of esters is 1. The van der Waals surface area contributed by atoms with E-state index in [1.54, 1.807) is 0 Å². The first-order valence-electron chi connectivity index (χ1n) is 4.87. The molecule has 0 radical (unpaired) electrons. The summed E-state index contributed by atoms with van der Waals surface area (Å²) >= 11 is 0. The smallest absolute Gasteiger partial charge is 0.361 e. The van der Waals surface area contributed by atoms with Crippen molar-refractivity contribution in [2.24, 2.45) is 0 Å². The molecule has 0 unspecified atom stereocenters. The second-order valence-electron chi connectivity index (χ2n) is 5.68. The van der Waals surface area contributed by atoms with Crippen LogP contribution < -0.4 is 0 Å². The molecule has 0 aliphatic rings. The summed E-state index contributed by atoms with van der Waals surface area (Å²) in [4.78, 5) is 11.3. The summed E-state index contributed by atoms with van der Waals surface area (Å²) < 4.78 is 6.56. The van der Waals surface area contributed by atoms with Gasteiger partial charge in [0.05, 0.1) is 42.3 Å². The monoisotopic (exact) mass is 204 g/mol. The Hall–Kier alpha value is -0.610. The number of carbonyl (C=O) groups is 1. The lowest BCUT2D eigenvalue weighted by Gasteiger charge is -2.25. The van der Waals surface area contributed by atoms with Gasteiger partial charge in [0.15, 0.2) is 6.54 Å². The van der Waals surface area contributed by atoms with E-state index in [1.165, 1.54) is 0 Å². The Morgan fingerprint density at radius 2 is 1.50 bits per heavy atom. The number of hydrogen-bond acceptors (Lipinski definition) is 2. The number of quaternary nitrogens is 2. The second-order valence-corrected chi connectivity index (χ2v) is 5.68. The Bertz CT molecular complexity index is 189. The minimum absolute atomic E-state index is 0.119. The molecule has 4 nitrogen and oxygen atoms in total. The molecule has 0 aromatic rings. The molecule has 0 fully saturated rings. The molecule has 0 bridgehead atoms. The summed E-state index contributed by atoms with van der Waals surface area (Å²) in [5.74, 6) is -0.119. The predicted molar refractivity (Wildman–Crippen MR) is 56.8 cm³/mol. The fraction of sp³-hybridized carbons (Fsp3) is 0.900. The maximum atomic E-state index is 11.3. The van der Waals surface area contributed by atoms with E-state index in [2.05, 4.69) is 21.1 Å². The van der Waals surface area contributed by atoms with E-state index in [-0.39, 0.29) is 5.97 Å². The highest BCUT2D eigenvalue weighted by atomic mass is 16.5. The maximum absolute atomic E-state index is 11.3. The summed E-state index contributed by atoms with van der Waals surface area (Å²) in [6, 6.07) is 0. The number of nitrogens with zero attached hydrogens (tertiary/aromatic N) is 2. The Morgan fingerprint density at radius 3 is 1.86 bits per heavy atom. The van der Waals surface area contributed by atoms with Gasteiger partial charge in [0.25, 0.3) is 0 Å². The van der Waals surface area contributed by atoms with Gasteiger partial charge in [-0.15, -0.1) is 0 Å². The molecule has 0 rings (SSSR count). The van der Waals surface area contributed by atoms with Crippen molar-refractivity contribution >= 4 is 5.97 Å².